The molecule has 0 fully saturated rings. The fourth-order valence-corrected chi connectivity index (χ4v) is 5.84. The summed E-state index contributed by atoms with van der Waals surface area (Å²) in [5.74, 6) is -0.375. The van der Waals surface area contributed by atoms with Crippen LogP contribution in [0.25, 0.3) is 17.4 Å². The van der Waals surface area contributed by atoms with Crippen LogP contribution in [0.4, 0.5) is 0 Å². The number of thiazole rings is 1. The molecular formula is C29H23ClN2O7S. The van der Waals surface area contributed by atoms with Gasteiger partial charge in [0.15, 0.2) is 4.80 Å². The van der Waals surface area contributed by atoms with Crippen LogP contribution in [0, 0.1) is 6.92 Å². The van der Waals surface area contributed by atoms with Crippen LogP contribution in [0.5, 0.6) is 5.75 Å². The maximum atomic E-state index is 13.8. The van der Waals surface area contributed by atoms with Gasteiger partial charge in [0.1, 0.15) is 23.3 Å². The Morgan fingerprint density at radius 1 is 1.12 bits per heavy atom. The molecule has 1 aliphatic heterocycles. The lowest BCUT2D eigenvalue weighted by Crippen LogP contribution is -2.40. The third kappa shape index (κ3) is 4.76. The van der Waals surface area contributed by atoms with Crippen LogP contribution in [0.15, 0.2) is 74.0 Å². The van der Waals surface area contributed by atoms with E-state index in [1.54, 1.807) is 55.5 Å². The summed E-state index contributed by atoms with van der Waals surface area (Å²) in [5, 5.41) is 9.77. The number of hydrogen-bond acceptors (Lipinski definition) is 8. The lowest BCUT2D eigenvalue weighted by molar-refractivity contribution is -0.136. The Morgan fingerprint density at radius 2 is 1.90 bits per heavy atom. The van der Waals surface area contributed by atoms with Gasteiger partial charge in [-0.05, 0) is 61.9 Å². The van der Waals surface area contributed by atoms with Crippen LogP contribution >= 0.6 is 22.9 Å². The van der Waals surface area contributed by atoms with E-state index < -0.39 is 23.5 Å². The van der Waals surface area contributed by atoms with Crippen LogP contribution in [-0.2, 0) is 9.53 Å². The molecule has 40 heavy (non-hydrogen) atoms. The summed E-state index contributed by atoms with van der Waals surface area (Å²) in [6.45, 7) is 3.53. The van der Waals surface area contributed by atoms with Gasteiger partial charge < -0.3 is 19.0 Å². The van der Waals surface area contributed by atoms with Crippen molar-refractivity contribution in [2.75, 3.05) is 14.2 Å². The monoisotopic (exact) mass is 578 g/mol. The van der Waals surface area contributed by atoms with Crippen molar-refractivity contribution < 1.29 is 28.6 Å². The second-order valence-electron chi connectivity index (χ2n) is 9.00. The Kier molecular flexibility index (Phi) is 7.22. The number of esters is 1. The van der Waals surface area contributed by atoms with Crippen LogP contribution in [0.1, 0.15) is 40.2 Å². The average Bonchev–Trinajstić information content (AvgIpc) is 3.51. The number of carboxylic acids is 1. The van der Waals surface area contributed by atoms with Crippen LogP contribution in [0.3, 0.4) is 0 Å². The van der Waals surface area contributed by atoms with Crippen molar-refractivity contribution in [1.29, 1.82) is 0 Å². The number of aryl methyl sites for hydroxylation is 1. The van der Waals surface area contributed by atoms with E-state index in [2.05, 4.69) is 4.99 Å². The van der Waals surface area contributed by atoms with Gasteiger partial charge in [0.25, 0.3) is 5.56 Å². The first-order chi connectivity index (χ1) is 19.1. The maximum absolute atomic E-state index is 13.8. The molecule has 0 saturated heterocycles. The highest BCUT2D eigenvalue weighted by molar-refractivity contribution is 7.07. The predicted octanol–water partition coefficient (Wildman–Crippen LogP) is 4.34. The topological polar surface area (TPSA) is 120 Å². The molecule has 3 heterocycles. The molecule has 2 aromatic heterocycles. The second-order valence-corrected chi connectivity index (χ2v) is 10.4. The van der Waals surface area contributed by atoms with E-state index in [9.17, 15) is 19.5 Å². The van der Waals surface area contributed by atoms with Gasteiger partial charge in [-0.25, -0.2) is 14.6 Å². The first-order valence-electron chi connectivity index (χ1n) is 12.0. The van der Waals surface area contributed by atoms with Crippen molar-refractivity contribution in [3.05, 3.63) is 107 Å². The van der Waals surface area contributed by atoms with Crippen molar-refractivity contribution >= 4 is 41.0 Å². The minimum absolute atomic E-state index is 0.139. The molecule has 11 heteroatoms. The van der Waals surface area contributed by atoms with Crippen LogP contribution < -0.4 is 19.6 Å². The summed E-state index contributed by atoms with van der Waals surface area (Å²) in [6.07, 6.45) is 1.59. The number of nitrogens with zero attached hydrogens (tertiary/aromatic N) is 2. The van der Waals surface area contributed by atoms with Crippen molar-refractivity contribution in [1.82, 2.24) is 4.57 Å². The Morgan fingerprint density at radius 3 is 2.60 bits per heavy atom. The van der Waals surface area contributed by atoms with Crippen molar-refractivity contribution in [2.24, 2.45) is 4.99 Å². The molecule has 9 nitrogen and oxygen atoms in total. The number of carboxylic acid groups (broad SMARTS) is 1. The van der Waals surface area contributed by atoms with Gasteiger partial charge in [0, 0.05) is 22.2 Å². The van der Waals surface area contributed by atoms with Crippen molar-refractivity contribution in [2.45, 2.75) is 19.9 Å². The fourth-order valence-electron chi connectivity index (χ4n) is 4.63. The highest BCUT2D eigenvalue weighted by atomic mass is 35.5. The molecule has 204 valence electrons. The molecule has 1 N–H and O–H groups in total. The van der Waals surface area contributed by atoms with E-state index >= 15 is 0 Å². The normalized spacial score (nSPS) is 15.0. The van der Waals surface area contributed by atoms with Gasteiger partial charge >= 0.3 is 11.9 Å². The smallest absolute Gasteiger partial charge is 0.338 e. The molecule has 2 aromatic carbocycles. The second kappa shape index (κ2) is 10.6. The van der Waals surface area contributed by atoms with E-state index in [0.29, 0.717) is 48.5 Å². The fraction of sp³-hybridized carbons (Fsp3) is 0.172. The molecule has 0 unspecified atom stereocenters. The van der Waals surface area contributed by atoms with Gasteiger partial charge in [-0.2, -0.15) is 0 Å². The van der Waals surface area contributed by atoms with E-state index in [1.807, 2.05) is 6.92 Å². The van der Waals surface area contributed by atoms with E-state index in [-0.39, 0.29) is 11.1 Å². The molecule has 0 spiro atoms. The minimum Gasteiger partial charge on any atom is -0.496 e. The van der Waals surface area contributed by atoms with E-state index in [1.165, 1.54) is 24.9 Å². The Balaban J connectivity index is 1.67. The summed E-state index contributed by atoms with van der Waals surface area (Å²) in [5.41, 5.74) is 2.31. The molecule has 0 radical (unpaired) electrons. The number of fused-ring (bicyclic) bond motifs is 1. The third-order valence-corrected chi connectivity index (χ3v) is 7.78. The van der Waals surface area contributed by atoms with E-state index in [0.717, 1.165) is 16.9 Å². The predicted molar refractivity (Wildman–Crippen MR) is 150 cm³/mol. The quantitative estimate of drug-likeness (QED) is 0.338. The van der Waals surface area contributed by atoms with Crippen molar-refractivity contribution in [3.8, 4) is 17.1 Å². The summed E-state index contributed by atoms with van der Waals surface area (Å²) in [7, 11) is 2.76. The summed E-state index contributed by atoms with van der Waals surface area (Å²) in [4.78, 5) is 43.1. The number of hydrogen-bond donors (Lipinski definition) is 1. The number of benzene rings is 2. The van der Waals surface area contributed by atoms with Crippen LogP contribution in [-0.4, -0.2) is 35.8 Å². The first kappa shape index (κ1) is 27.2. The van der Waals surface area contributed by atoms with E-state index in [4.69, 9.17) is 25.5 Å². The third-order valence-electron chi connectivity index (χ3n) is 6.56. The SMILES string of the molecule is COC(=O)C1=C(C)N=c2s/c(=C\c3ccc(-c4cc(C(=O)O)ccc4C)o3)c(=O)n2[C@H]1c1cc(Cl)ccc1OC. The summed E-state index contributed by atoms with van der Waals surface area (Å²) < 4.78 is 18.3. The van der Waals surface area contributed by atoms with Crippen LogP contribution in [0.2, 0.25) is 5.02 Å². The molecule has 0 saturated carbocycles. The highest BCUT2D eigenvalue weighted by Gasteiger charge is 2.35. The lowest BCUT2D eigenvalue weighted by atomic mass is 9.95. The Bertz CT molecular complexity index is 1900. The number of ether oxygens (including phenoxy) is 2. The van der Waals surface area contributed by atoms with Gasteiger partial charge in [-0.15, -0.1) is 0 Å². The zero-order chi connectivity index (χ0) is 28.7. The standard InChI is InChI=1S/C29H23ClN2O7S/c1-14-5-6-16(27(34)35)11-19(14)22-10-8-18(39-22)13-23-26(33)32-25(20-12-17(30)7-9-21(20)37-3)24(28(36)38-4)15(2)31-29(32)40-23/h5-13,25H,1-4H3,(H,34,35)/b23-13-/t25-/m0/s1. The number of aromatic carboxylic acids is 1. The van der Waals surface area contributed by atoms with Gasteiger partial charge in [-0.3, -0.25) is 9.36 Å². The molecule has 4 aromatic rings. The Hall–Kier alpha value is -4.41. The molecular weight excluding hydrogens is 556 g/mol. The summed E-state index contributed by atoms with van der Waals surface area (Å²) in [6, 6.07) is 12.3. The minimum atomic E-state index is -1.04. The zero-order valence-electron chi connectivity index (χ0n) is 21.9. The van der Waals surface area contributed by atoms with Gasteiger partial charge in [-0.1, -0.05) is 29.0 Å². The number of carbonyl (C=O) groups excluding carboxylic acids is 1. The average molecular weight is 579 g/mol. The molecule has 0 aliphatic carbocycles. The number of carbonyl (C=O) groups is 2. The number of aromatic nitrogens is 1. The zero-order valence-corrected chi connectivity index (χ0v) is 23.4. The number of rotatable bonds is 6. The largest absolute Gasteiger partial charge is 0.496 e. The number of methoxy groups -OCH3 is 2. The molecule has 0 bridgehead atoms. The number of furan rings is 1. The summed E-state index contributed by atoms with van der Waals surface area (Å²) >= 11 is 7.46. The Labute approximate surface area is 236 Å². The maximum Gasteiger partial charge on any atom is 0.338 e. The molecule has 1 atom stereocenters. The van der Waals surface area contributed by atoms with Gasteiger partial charge in [0.2, 0.25) is 0 Å². The number of allylic oxidation sites excluding steroid dienone is 1. The molecule has 0 amide bonds. The first-order valence-corrected chi connectivity index (χ1v) is 13.2. The van der Waals surface area contributed by atoms with Crippen molar-refractivity contribution in [3.63, 3.8) is 0 Å². The molecule has 1 aliphatic rings. The van der Waals surface area contributed by atoms with Gasteiger partial charge in [0.05, 0.1) is 35.6 Å². The number of halogens is 1. The lowest BCUT2D eigenvalue weighted by Gasteiger charge is -2.25. The highest BCUT2D eigenvalue weighted by Crippen LogP contribution is 2.37. The molecule has 5 rings (SSSR count).